The maximum Gasteiger partial charge on any atom is 0.420 e. The van der Waals surface area contributed by atoms with Crippen molar-refractivity contribution in [2.45, 2.75) is 44.4 Å². The Hall–Kier alpha value is -3.76. The quantitative estimate of drug-likeness (QED) is 0.292. The molecule has 4 rings (SSSR count). The number of aliphatic imine (C=N–C) groups is 1. The molecule has 3 heterocycles. The zero-order chi connectivity index (χ0) is 31.5. The lowest BCUT2D eigenvalue weighted by Crippen LogP contribution is -2.35. The van der Waals surface area contributed by atoms with Crippen molar-refractivity contribution in [2.75, 3.05) is 43.9 Å². The van der Waals surface area contributed by atoms with Crippen LogP contribution in [0.2, 0.25) is 0 Å². The van der Waals surface area contributed by atoms with Gasteiger partial charge in [0.05, 0.1) is 18.4 Å². The largest absolute Gasteiger partial charge is 0.420 e. The van der Waals surface area contributed by atoms with Crippen LogP contribution in [-0.4, -0.2) is 108 Å². The van der Waals surface area contributed by atoms with Crippen LogP contribution in [0.4, 0.5) is 24.5 Å². The maximum atomic E-state index is 14.7. The number of allylic oxidation sites excluding steroid dienone is 1. The first-order valence-electron chi connectivity index (χ1n) is 13.7. The number of hydrogen-bond acceptors (Lipinski definition) is 10. The van der Waals surface area contributed by atoms with Gasteiger partial charge in [0.1, 0.15) is 17.5 Å². The number of aliphatic hydroxyl groups excluding tert-OH is 2. The van der Waals surface area contributed by atoms with E-state index >= 15 is 0 Å². The summed E-state index contributed by atoms with van der Waals surface area (Å²) in [4.78, 5) is 26.4. The first kappa shape index (κ1) is 32.2. The fourth-order valence-corrected chi connectivity index (χ4v) is 5.27. The van der Waals surface area contributed by atoms with E-state index in [0.717, 1.165) is 10.4 Å². The van der Waals surface area contributed by atoms with Gasteiger partial charge in [-0.05, 0) is 51.6 Å². The second-order valence-electron chi connectivity index (χ2n) is 9.66. The third-order valence-electron chi connectivity index (χ3n) is 7.04. The highest BCUT2D eigenvalue weighted by atomic mass is 32.2. The molecule has 0 saturated carbocycles. The van der Waals surface area contributed by atoms with Crippen molar-refractivity contribution in [1.29, 1.82) is 0 Å². The Balaban J connectivity index is 1.91. The average Bonchev–Trinajstić information content (AvgIpc) is 3.67. The van der Waals surface area contributed by atoms with Gasteiger partial charge in [-0.2, -0.15) is 17.9 Å². The van der Waals surface area contributed by atoms with E-state index in [2.05, 4.69) is 25.3 Å². The molecule has 1 aliphatic heterocycles. The summed E-state index contributed by atoms with van der Waals surface area (Å²) in [5.74, 6) is -1.61. The number of aryl methyl sites for hydroxylation is 1. The number of alkyl halides is 3. The highest BCUT2D eigenvalue weighted by Gasteiger charge is 2.49. The van der Waals surface area contributed by atoms with Crippen molar-refractivity contribution in [1.82, 2.24) is 34.4 Å². The van der Waals surface area contributed by atoms with Crippen LogP contribution < -0.4 is 4.90 Å². The zero-order valence-corrected chi connectivity index (χ0v) is 25.3. The summed E-state index contributed by atoms with van der Waals surface area (Å²) in [6, 6.07) is 5.29. The summed E-state index contributed by atoms with van der Waals surface area (Å²) < 4.78 is 46.5. The number of anilines is 1. The molecule has 1 aliphatic rings. The van der Waals surface area contributed by atoms with E-state index in [1.807, 2.05) is 24.1 Å². The molecule has 0 saturated heterocycles. The molecule has 12 nitrogen and oxygen atoms in total. The Morgan fingerprint density at radius 2 is 1.88 bits per heavy atom. The number of carbonyl (C=O) groups excluding carboxylic acids is 1. The first-order valence-corrected chi connectivity index (χ1v) is 14.9. The van der Waals surface area contributed by atoms with Crippen LogP contribution in [-0.2, 0) is 11.8 Å². The predicted octanol–water partition coefficient (Wildman–Crippen LogP) is 3.14. The van der Waals surface area contributed by atoms with Crippen molar-refractivity contribution in [3.05, 3.63) is 35.9 Å². The number of rotatable bonds is 12. The maximum absolute atomic E-state index is 14.7. The van der Waals surface area contributed by atoms with Crippen LogP contribution in [0, 0.1) is 0 Å². The van der Waals surface area contributed by atoms with E-state index in [1.54, 1.807) is 33.0 Å². The van der Waals surface area contributed by atoms with Crippen LogP contribution >= 0.6 is 11.8 Å². The highest BCUT2D eigenvalue weighted by Crippen LogP contribution is 2.42. The molecular weight excluding hydrogens is 587 g/mol. The van der Waals surface area contributed by atoms with E-state index in [-0.39, 0.29) is 37.2 Å². The van der Waals surface area contributed by atoms with Gasteiger partial charge in [-0.25, -0.2) is 9.98 Å². The minimum absolute atomic E-state index is 0.0946. The number of nitrogens with zero attached hydrogens (tertiary/aromatic N) is 9. The molecule has 3 aromatic rings. The first-order chi connectivity index (χ1) is 20.5. The minimum atomic E-state index is -4.94. The van der Waals surface area contributed by atoms with Crippen molar-refractivity contribution in [3.8, 4) is 11.6 Å². The molecule has 0 bridgehead atoms. The third-order valence-corrected chi connectivity index (χ3v) is 7.81. The molecule has 43 heavy (non-hydrogen) atoms. The van der Waals surface area contributed by atoms with Crippen LogP contribution in [0.1, 0.15) is 33.0 Å². The number of aromatic nitrogens is 6. The number of aliphatic hydroxyl groups is 2. The van der Waals surface area contributed by atoms with Gasteiger partial charge >= 0.3 is 6.18 Å². The van der Waals surface area contributed by atoms with Crippen LogP contribution in [0.25, 0.3) is 17.2 Å². The van der Waals surface area contributed by atoms with Crippen LogP contribution in [0.3, 0.4) is 0 Å². The molecule has 1 aromatic carbocycles. The van der Waals surface area contributed by atoms with E-state index in [9.17, 15) is 28.2 Å². The number of fused-ring (bicyclic) bond motifs is 1. The molecule has 0 aliphatic carbocycles. The number of likely N-dealkylation sites (N-methyl/N-ethyl adjacent to an activating group) is 1. The van der Waals surface area contributed by atoms with Gasteiger partial charge in [0.15, 0.2) is 11.7 Å². The molecule has 2 N–H and O–H groups in total. The second kappa shape index (κ2) is 13.3. The van der Waals surface area contributed by atoms with Gasteiger partial charge in [-0.3, -0.25) is 4.79 Å². The van der Waals surface area contributed by atoms with Gasteiger partial charge < -0.3 is 24.6 Å². The minimum Gasteiger partial charge on any atom is -0.394 e. The SMILES string of the molecule is CCN(CC)C(=O)C1=C(C(F)(F)F)c2nc(-c3nncn3C)nn2/C1=N/c1ccc(N(CC)CCC(O)CO)cc1SC. The number of benzene rings is 1. The number of halogens is 3. The summed E-state index contributed by atoms with van der Waals surface area (Å²) in [5, 5.41) is 31.0. The standard InChI is InChI=1S/C27H34F3N9O3S/c1-6-37(7-2)26(42)20-21(27(28,29)30)24-33-22(25-34-31-15-36(25)4)35-39(24)23(20)32-18-10-9-16(13-19(18)43-5)38(8-3)12-11-17(41)14-40/h9-10,13,15,17,40-41H,6-8,11-12,14H2,1-5H3/b32-23+. The van der Waals surface area contributed by atoms with Crippen molar-refractivity contribution >= 4 is 40.5 Å². The topological polar surface area (TPSA) is 138 Å². The monoisotopic (exact) mass is 621 g/mol. The van der Waals surface area contributed by atoms with Gasteiger partial charge in [0.25, 0.3) is 5.91 Å². The Labute approximate surface area is 250 Å². The zero-order valence-electron chi connectivity index (χ0n) is 24.5. The lowest BCUT2D eigenvalue weighted by atomic mass is 10.1. The van der Waals surface area contributed by atoms with E-state index < -0.39 is 35.2 Å². The molecular formula is C27H34F3N9O3S. The smallest absolute Gasteiger partial charge is 0.394 e. The molecule has 232 valence electrons. The fraction of sp³-hybridized carbons (Fsp3) is 0.481. The normalized spacial score (nSPS) is 14.9. The predicted molar refractivity (Wildman–Crippen MR) is 157 cm³/mol. The van der Waals surface area contributed by atoms with Crippen LogP contribution in [0.15, 0.2) is 40.0 Å². The summed E-state index contributed by atoms with van der Waals surface area (Å²) in [6.07, 6.45) is -2.24. The summed E-state index contributed by atoms with van der Waals surface area (Å²) in [6.45, 7) is 6.47. The Morgan fingerprint density at radius 3 is 2.44 bits per heavy atom. The number of hydrogen-bond donors (Lipinski definition) is 2. The lowest BCUT2D eigenvalue weighted by Gasteiger charge is -2.25. The summed E-state index contributed by atoms with van der Waals surface area (Å²) >= 11 is 1.34. The molecule has 1 unspecified atom stereocenters. The molecule has 1 atom stereocenters. The Kier molecular flexibility index (Phi) is 9.92. The third kappa shape index (κ3) is 6.45. The van der Waals surface area contributed by atoms with E-state index in [4.69, 9.17) is 0 Å². The van der Waals surface area contributed by atoms with Crippen molar-refractivity contribution in [2.24, 2.45) is 12.0 Å². The van der Waals surface area contributed by atoms with Gasteiger partial charge in [0, 0.05) is 43.8 Å². The van der Waals surface area contributed by atoms with Crippen LogP contribution in [0.5, 0.6) is 0 Å². The number of amides is 1. The Bertz CT molecular complexity index is 1530. The van der Waals surface area contributed by atoms with E-state index in [0.29, 0.717) is 30.1 Å². The van der Waals surface area contributed by atoms with E-state index in [1.165, 1.54) is 27.6 Å². The second-order valence-corrected chi connectivity index (χ2v) is 10.5. The van der Waals surface area contributed by atoms with Gasteiger partial charge in [0.2, 0.25) is 11.6 Å². The highest BCUT2D eigenvalue weighted by molar-refractivity contribution is 7.98. The molecule has 1 amide bonds. The molecule has 0 spiro atoms. The van der Waals surface area contributed by atoms with Crippen molar-refractivity contribution < 1.29 is 28.2 Å². The lowest BCUT2D eigenvalue weighted by molar-refractivity contribution is -0.126. The summed E-state index contributed by atoms with van der Waals surface area (Å²) in [7, 11) is 1.61. The number of carbonyl (C=O) groups is 1. The Morgan fingerprint density at radius 1 is 1.16 bits per heavy atom. The van der Waals surface area contributed by atoms with Crippen molar-refractivity contribution in [3.63, 3.8) is 0 Å². The molecule has 0 radical (unpaired) electrons. The van der Waals surface area contributed by atoms with Gasteiger partial charge in [-0.15, -0.1) is 27.1 Å². The molecule has 2 aromatic heterocycles. The summed E-state index contributed by atoms with van der Waals surface area (Å²) in [5.41, 5.74) is -0.692. The number of thioether (sulfide) groups is 1. The van der Waals surface area contributed by atoms with Gasteiger partial charge in [-0.1, -0.05) is 0 Å². The average molecular weight is 622 g/mol. The molecule has 0 fully saturated rings. The fourth-order valence-electron chi connectivity index (χ4n) is 4.71. The molecule has 16 heteroatoms.